The minimum Gasteiger partial charge on any atom is -0.294 e. The van der Waals surface area contributed by atoms with Crippen LogP contribution in [0.3, 0.4) is 0 Å². The van der Waals surface area contributed by atoms with E-state index < -0.39 is 6.36 Å². The van der Waals surface area contributed by atoms with Gasteiger partial charge in [-0.05, 0) is 24.7 Å². The van der Waals surface area contributed by atoms with Crippen LogP contribution in [-0.2, 0) is 4.84 Å². The molecule has 0 aromatic carbocycles. The number of nitrogens with zero attached hydrogens (tertiary/aromatic N) is 1. The second kappa shape index (κ2) is 5.93. The number of rotatable bonds is 3. The van der Waals surface area contributed by atoms with E-state index in [0.717, 1.165) is 25.7 Å². The van der Waals surface area contributed by atoms with E-state index >= 15 is 0 Å². The third kappa shape index (κ3) is 6.26. The summed E-state index contributed by atoms with van der Waals surface area (Å²) in [6, 6.07) is 0. The minimum absolute atomic E-state index is 0.0781. The van der Waals surface area contributed by atoms with Crippen LogP contribution in [0, 0.1) is 11.3 Å². The van der Waals surface area contributed by atoms with E-state index in [-0.39, 0.29) is 11.3 Å². The first-order chi connectivity index (χ1) is 8.17. The van der Waals surface area contributed by atoms with Gasteiger partial charge in [0.15, 0.2) is 0 Å². The van der Waals surface area contributed by atoms with Crippen molar-refractivity contribution in [1.82, 2.24) is 0 Å². The Kier molecular flexibility index (Phi) is 5.05. The van der Waals surface area contributed by atoms with Crippen LogP contribution in [0.2, 0.25) is 0 Å². The second-order valence-corrected chi connectivity index (χ2v) is 6.19. The topological polar surface area (TPSA) is 21.6 Å². The molecule has 106 valence electrons. The molecule has 0 unspecified atom stereocenters. The van der Waals surface area contributed by atoms with Gasteiger partial charge in [-0.25, -0.2) is 0 Å². The molecule has 0 aliphatic heterocycles. The molecule has 0 spiro atoms. The molecule has 18 heavy (non-hydrogen) atoms. The van der Waals surface area contributed by atoms with E-state index in [9.17, 15) is 13.2 Å². The Morgan fingerprint density at radius 1 is 1.11 bits per heavy atom. The summed E-state index contributed by atoms with van der Waals surface area (Å²) in [7, 11) is 0. The van der Waals surface area contributed by atoms with Gasteiger partial charge >= 0.3 is 6.36 Å². The Labute approximate surface area is 107 Å². The van der Waals surface area contributed by atoms with Gasteiger partial charge in [0.05, 0.1) is 5.71 Å². The van der Waals surface area contributed by atoms with Crippen molar-refractivity contribution in [2.24, 2.45) is 16.5 Å². The molecular weight excluding hydrogens is 243 g/mol. The first-order valence-electron chi connectivity index (χ1n) is 6.49. The van der Waals surface area contributed by atoms with Gasteiger partial charge < -0.3 is 0 Å². The van der Waals surface area contributed by atoms with Crippen molar-refractivity contribution in [1.29, 1.82) is 0 Å². The van der Waals surface area contributed by atoms with Crippen molar-refractivity contribution in [2.75, 3.05) is 0 Å². The van der Waals surface area contributed by atoms with E-state index in [1.54, 1.807) is 0 Å². The summed E-state index contributed by atoms with van der Waals surface area (Å²) >= 11 is 0. The van der Waals surface area contributed by atoms with E-state index in [4.69, 9.17) is 0 Å². The Hall–Kier alpha value is -0.740. The molecule has 2 nitrogen and oxygen atoms in total. The molecule has 0 radical (unpaired) electrons. The first kappa shape index (κ1) is 15.3. The average Bonchev–Trinajstić information content (AvgIpc) is 2.23. The third-order valence-corrected chi connectivity index (χ3v) is 3.05. The lowest BCUT2D eigenvalue weighted by molar-refractivity contribution is -0.325. The third-order valence-electron chi connectivity index (χ3n) is 3.05. The van der Waals surface area contributed by atoms with Crippen LogP contribution in [0.1, 0.15) is 59.3 Å². The molecule has 5 heteroatoms. The fraction of sp³-hybridized carbons (Fsp3) is 0.923. The molecule has 1 fully saturated rings. The standard InChI is InChI=1S/C13H22F3NO/c1-12(2,3)9-11(17-18-13(14,15)16)10-7-5-4-6-8-10/h10H,4-9H2,1-3H3/b17-11-. The normalized spacial score (nSPS) is 20.0. The van der Waals surface area contributed by atoms with Gasteiger partial charge in [0, 0.05) is 5.92 Å². The minimum atomic E-state index is -4.68. The van der Waals surface area contributed by atoms with Crippen molar-refractivity contribution in [3.8, 4) is 0 Å². The number of hydrogen-bond acceptors (Lipinski definition) is 2. The Morgan fingerprint density at radius 2 is 1.67 bits per heavy atom. The van der Waals surface area contributed by atoms with Gasteiger partial charge in [-0.15, -0.1) is 13.2 Å². The monoisotopic (exact) mass is 265 g/mol. The molecule has 1 saturated carbocycles. The number of hydrogen-bond donors (Lipinski definition) is 0. The average molecular weight is 265 g/mol. The van der Waals surface area contributed by atoms with Crippen molar-refractivity contribution in [3.05, 3.63) is 0 Å². The predicted molar refractivity (Wildman–Crippen MR) is 65.2 cm³/mol. The zero-order chi connectivity index (χ0) is 13.8. The molecule has 0 aromatic heterocycles. The van der Waals surface area contributed by atoms with Crippen LogP contribution in [-0.4, -0.2) is 12.1 Å². The molecule has 0 heterocycles. The highest BCUT2D eigenvalue weighted by molar-refractivity contribution is 5.86. The number of halogens is 3. The zero-order valence-electron chi connectivity index (χ0n) is 11.3. The van der Waals surface area contributed by atoms with Crippen molar-refractivity contribution < 1.29 is 18.0 Å². The molecular formula is C13H22F3NO. The van der Waals surface area contributed by atoms with E-state index in [1.165, 1.54) is 6.42 Å². The van der Waals surface area contributed by atoms with Crippen molar-refractivity contribution >= 4 is 5.71 Å². The van der Waals surface area contributed by atoms with Gasteiger partial charge in [0.1, 0.15) is 0 Å². The molecule has 0 atom stereocenters. The molecule has 1 rings (SSSR count). The Morgan fingerprint density at radius 3 is 2.11 bits per heavy atom. The van der Waals surface area contributed by atoms with Gasteiger partial charge in [-0.2, -0.15) is 0 Å². The molecule has 1 aliphatic rings. The molecule has 0 saturated heterocycles. The highest BCUT2D eigenvalue weighted by Gasteiger charge is 2.33. The van der Waals surface area contributed by atoms with E-state index in [0.29, 0.717) is 12.1 Å². The van der Waals surface area contributed by atoms with Gasteiger partial charge in [-0.3, -0.25) is 4.84 Å². The summed E-state index contributed by atoms with van der Waals surface area (Å²) < 4.78 is 36.3. The van der Waals surface area contributed by atoms with Crippen LogP contribution in [0.5, 0.6) is 0 Å². The Bertz CT molecular complexity index is 286. The zero-order valence-corrected chi connectivity index (χ0v) is 11.3. The van der Waals surface area contributed by atoms with Crippen molar-refractivity contribution in [3.63, 3.8) is 0 Å². The fourth-order valence-corrected chi connectivity index (χ4v) is 2.34. The summed E-state index contributed by atoms with van der Waals surface area (Å²) in [5.74, 6) is 0.153. The summed E-state index contributed by atoms with van der Waals surface area (Å²) in [6.45, 7) is 6.00. The van der Waals surface area contributed by atoms with Crippen LogP contribution >= 0.6 is 0 Å². The summed E-state index contributed by atoms with van der Waals surface area (Å²) in [6.07, 6.45) is 1.02. The fourth-order valence-electron chi connectivity index (χ4n) is 2.34. The van der Waals surface area contributed by atoms with Crippen molar-refractivity contribution in [2.45, 2.75) is 65.7 Å². The highest BCUT2D eigenvalue weighted by atomic mass is 19.4. The molecule has 0 bridgehead atoms. The lowest BCUT2D eigenvalue weighted by atomic mass is 9.79. The maximum Gasteiger partial charge on any atom is 0.593 e. The second-order valence-electron chi connectivity index (χ2n) is 6.19. The highest BCUT2D eigenvalue weighted by Crippen LogP contribution is 2.31. The van der Waals surface area contributed by atoms with Gasteiger partial charge in [-0.1, -0.05) is 45.2 Å². The lowest BCUT2D eigenvalue weighted by Crippen LogP contribution is -2.24. The van der Waals surface area contributed by atoms with Gasteiger partial charge in [0.2, 0.25) is 0 Å². The molecule has 1 aliphatic carbocycles. The largest absolute Gasteiger partial charge is 0.593 e. The van der Waals surface area contributed by atoms with Crippen LogP contribution in [0.4, 0.5) is 13.2 Å². The van der Waals surface area contributed by atoms with Crippen LogP contribution < -0.4 is 0 Å². The van der Waals surface area contributed by atoms with Gasteiger partial charge in [0.25, 0.3) is 0 Å². The first-order valence-corrected chi connectivity index (χ1v) is 6.49. The summed E-state index contributed by atoms with van der Waals surface area (Å²) in [5.41, 5.74) is 0.491. The SMILES string of the molecule is CC(C)(C)C/C(=N/OC(F)(F)F)C1CCCCC1. The maximum atomic E-state index is 12.1. The predicted octanol–water partition coefficient (Wildman–Crippen LogP) is 4.90. The summed E-state index contributed by atoms with van der Waals surface area (Å²) in [5, 5.41) is 3.40. The smallest absolute Gasteiger partial charge is 0.294 e. The number of alkyl halides is 3. The molecule has 0 aromatic rings. The Balaban J connectivity index is 2.73. The lowest BCUT2D eigenvalue weighted by Gasteiger charge is -2.27. The molecule has 0 amide bonds. The molecule has 0 N–H and O–H groups in total. The van der Waals surface area contributed by atoms with E-state index in [2.05, 4.69) is 9.99 Å². The quantitative estimate of drug-likeness (QED) is 0.525. The van der Waals surface area contributed by atoms with E-state index in [1.807, 2.05) is 20.8 Å². The van der Waals surface area contributed by atoms with Crippen LogP contribution in [0.25, 0.3) is 0 Å². The maximum absolute atomic E-state index is 12.1. The summed E-state index contributed by atoms with van der Waals surface area (Å²) in [4.78, 5) is 3.68. The number of oxime groups is 1. The van der Waals surface area contributed by atoms with Crippen LogP contribution in [0.15, 0.2) is 5.16 Å².